The first-order valence-corrected chi connectivity index (χ1v) is 8.28. The molecule has 1 atom stereocenters. The van der Waals surface area contributed by atoms with E-state index < -0.39 is 24.8 Å². The Balaban J connectivity index is 1.67. The van der Waals surface area contributed by atoms with Crippen LogP contribution in [0.15, 0.2) is 53.7 Å². The quantitative estimate of drug-likeness (QED) is 0.811. The average molecular weight is 399 g/mol. The Bertz CT molecular complexity index is 857. The number of ether oxygens (including phenoxy) is 1. The van der Waals surface area contributed by atoms with Gasteiger partial charge in [-0.15, -0.1) is 0 Å². The van der Waals surface area contributed by atoms with Gasteiger partial charge in [0.25, 0.3) is 5.91 Å². The SMILES string of the molecule is O=C(Nc1cc(Cl)ccc1OCC(F)(F)F)C1CC(c2ccccc2)=NO1. The summed E-state index contributed by atoms with van der Waals surface area (Å²) >= 11 is 5.87. The Morgan fingerprint density at radius 3 is 2.70 bits per heavy atom. The van der Waals surface area contributed by atoms with Crippen LogP contribution in [0.5, 0.6) is 5.75 Å². The molecule has 142 valence electrons. The molecule has 1 aliphatic rings. The zero-order valence-corrected chi connectivity index (χ0v) is 14.6. The molecule has 0 saturated heterocycles. The fourth-order valence-electron chi connectivity index (χ4n) is 2.42. The van der Waals surface area contributed by atoms with Crippen LogP contribution in [0.2, 0.25) is 5.02 Å². The molecule has 0 aliphatic carbocycles. The minimum atomic E-state index is -4.51. The maximum Gasteiger partial charge on any atom is 0.422 e. The summed E-state index contributed by atoms with van der Waals surface area (Å²) in [5.41, 5.74) is 1.45. The van der Waals surface area contributed by atoms with Crippen LogP contribution in [0.3, 0.4) is 0 Å². The summed E-state index contributed by atoms with van der Waals surface area (Å²) in [6.07, 6.45) is -5.18. The number of oxime groups is 1. The van der Waals surface area contributed by atoms with Crippen molar-refractivity contribution in [1.82, 2.24) is 0 Å². The number of hydrogen-bond donors (Lipinski definition) is 1. The lowest BCUT2D eigenvalue weighted by atomic mass is 10.0. The van der Waals surface area contributed by atoms with Crippen molar-refractivity contribution >= 4 is 28.9 Å². The van der Waals surface area contributed by atoms with Crippen LogP contribution in [-0.4, -0.2) is 30.5 Å². The van der Waals surface area contributed by atoms with Gasteiger partial charge in [-0.2, -0.15) is 13.2 Å². The molecule has 1 unspecified atom stereocenters. The van der Waals surface area contributed by atoms with Crippen LogP contribution in [0.4, 0.5) is 18.9 Å². The van der Waals surface area contributed by atoms with Crippen molar-refractivity contribution in [3.63, 3.8) is 0 Å². The smallest absolute Gasteiger partial charge is 0.422 e. The summed E-state index contributed by atoms with van der Waals surface area (Å²) in [5.74, 6) is -0.712. The van der Waals surface area contributed by atoms with Gasteiger partial charge in [-0.3, -0.25) is 4.79 Å². The van der Waals surface area contributed by atoms with Crippen LogP contribution < -0.4 is 10.1 Å². The number of nitrogens with zero attached hydrogens (tertiary/aromatic N) is 1. The number of amides is 1. The van der Waals surface area contributed by atoms with E-state index in [0.717, 1.165) is 5.56 Å². The van der Waals surface area contributed by atoms with E-state index in [9.17, 15) is 18.0 Å². The summed E-state index contributed by atoms with van der Waals surface area (Å²) in [7, 11) is 0. The lowest BCUT2D eigenvalue weighted by Crippen LogP contribution is -2.28. The summed E-state index contributed by atoms with van der Waals surface area (Å²) in [5, 5.41) is 6.63. The molecule has 1 N–H and O–H groups in total. The van der Waals surface area contributed by atoms with Gasteiger partial charge in [0.2, 0.25) is 6.10 Å². The summed E-state index contributed by atoms with van der Waals surface area (Å²) in [4.78, 5) is 17.6. The van der Waals surface area contributed by atoms with Crippen LogP contribution in [0.25, 0.3) is 0 Å². The Kier molecular flexibility index (Phi) is 5.55. The van der Waals surface area contributed by atoms with E-state index >= 15 is 0 Å². The highest BCUT2D eigenvalue weighted by Gasteiger charge is 2.31. The number of carbonyl (C=O) groups excluding carboxylic acids is 1. The van der Waals surface area contributed by atoms with E-state index in [4.69, 9.17) is 21.2 Å². The van der Waals surface area contributed by atoms with Crippen LogP contribution >= 0.6 is 11.6 Å². The fraction of sp³-hybridized carbons (Fsp3) is 0.222. The zero-order chi connectivity index (χ0) is 19.4. The van der Waals surface area contributed by atoms with Gasteiger partial charge in [-0.05, 0) is 23.8 Å². The third-order valence-corrected chi connectivity index (χ3v) is 3.89. The summed E-state index contributed by atoms with van der Waals surface area (Å²) in [6.45, 7) is -1.49. The topological polar surface area (TPSA) is 59.9 Å². The zero-order valence-electron chi connectivity index (χ0n) is 13.8. The molecule has 5 nitrogen and oxygen atoms in total. The van der Waals surface area contributed by atoms with Gasteiger partial charge >= 0.3 is 6.18 Å². The molecule has 1 heterocycles. The second-order valence-corrected chi connectivity index (χ2v) is 6.17. The van der Waals surface area contributed by atoms with Gasteiger partial charge in [-0.1, -0.05) is 47.1 Å². The molecule has 1 aliphatic heterocycles. The van der Waals surface area contributed by atoms with Crippen LogP contribution in [0, 0.1) is 0 Å². The van der Waals surface area contributed by atoms with Gasteiger partial charge in [-0.25, -0.2) is 0 Å². The molecule has 0 radical (unpaired) electrons. The second kappa shape index (κ2) is 7.87. The highest BCUT2D eigenvalue weighted by atomic mass is 35.5. The Morgan fingerprint density at radius 1 is 1.26 bits per heavy atom. The monoisotopic (exact) mass is 398 g/mol. The number of carbonyl (C=O) groups is 1. The molecule has 0 saturated carbocycles. The normalized spacial score (nSPS) is 16.4. The highest BCUT2D eigenvalue weighted by Crippen LogP contribution is 2.30. The largest absolute Gasteiger partial charge is 0.482 e. The van der Waals surface area contributed by atoms with Crippen LogP contribution in [-0.2, 0) is 9.63 Å². The fourth-order valence-corrected chi connectivity index (χ4v) is 2.59. The first-order chi connectivity index (χ1) is 12.8. The second-order valence-electron chi connectivity index (χ2n) is 5.74. The minimum absolute atomic E-state index is 0.0218. The Hall–Kier alpha value is -2.74. The van der Waals surface area contributed by atoms with Crippen molar-refractivity contribution in [1.29, 1.82) is 0 Å². The van der Waals surface area contributed by atoms with Crippen molar-refractivity contribution < 1.29 is 27.5 Å². The number of rotatable bonds is 5. The lowest BCUT2D eigenvalue weighted by Gasteiger charge is -2.15. The van der Waals surface area contributed by atoms with Crippen molar-refractivity contribution in [2.75, 3.05) is 11.9 Å². The van der Waals surface area contributed by atoms with Crippen molar-refractivity contribution in [3.8, 4) is 5.75 Å². The predicted octanol–water partition coefficient (Wildman–Crippen LogP) is 4.41. The number of benzene rings is 2. The maximum atomic E-state index is 12.4. The Morgan fingerprint density at radius 2 is 2.00 bits per heavy atom. The number of hydrogen-bond acceptors (Lipinski definition) is 4. The van der Waals surface area contributed by atoms with Crippen molar-refractivity contribution in [2.24, 2.45) is 5.16 Å². The van der Waals surface area contributed by atoms with Gasteiger partial charge in [0.1, 0.15) is 5.75 Å². The molecule has 1 amide bonds. The molecular formula is C18H14ClF3N2O3. The third-order valence-electron chi connectivity index (χ3n) is 3.66. The molecule has 2 aromatic carbocycles. The lowest BCUT2D eigenvalue weighted by molar-refractivity contribution is -0.153. The van der Waals surface area contributed by atoms with Gasteiger partial charge in [0, 0.05) is 11.4 Å². The van der Waals surface area contributed by atoms with E-state index in [2.05, 4.69) is 10.5 Å². The first kappa shape index (κ1) is 19.0. The van der Waals surface area contributed by atoms with E-state index in [-0.39, 0.29) is 22.9 Å². The van der Waals surface area contributed by atoms with E-state index in [1.54, 1.807) is 0 Å². The highest BCUT2D eigenvalue weighted by molar-refractivity contribution is 6.31. The number of alkyl halides is 3. The maximum absolute atomic E-state index is 12.4. The molecular weight excluding hydrogens is 385 g/mol. The number of halogens is 4. The third kappa shape index (κ3) is 5.13. The van der Waals surface area contributed by atoms with Crippen molar-refractivity contribution in [2.45, 2.75) is 18.7 Å². The first-order valence-electron chi connectivity index (χ1n) is 7.90. The van der Waals surface area contributed by atoms with E-state index in [1.165, 1.54) is 18.2 Å². The summed E-state index contributed by atoms with van der Waals surface area (Å²) in [6, 6.07) is 13.1. The van der Waals surface area contributed by atoms with Crippen LogP contribution in [0.1, 0.15) is 12.0 Å². The van der Waals surface area contributed by atoms with Crippen molar-refractivity contribution in [3.05, 3.63) is 59.1 Å². The van der Waals surface area contributed by atoms with Gasteiger partial charge < -0.3 is 14.9 Å². The van der Waals surface area contributed by atoms with E-state index in [0.29, 0.717) is 5.71 Å². The molecule has 0 bridgehead atoms. The van der Waals surface area contributed by atoms with E-state index in [1.807, 2.05) is 30.3 Å². The molecule has 9 heteroatoms. The predicted molar refractivity (Wildman–Crippen MR) is 94.1 cm³/mol. The molecule has 0 spiro atoms. The number of anilines is 1. The molecule has 27 heavy (non-hydrogen) atoms. The summed E-state index contributed by atoms with van der Waals surface area (Å²) < 4.78 is 41.9. The molecule has 2 aromatic rings. The molecule has 3 rings (SSSR count). The average Bonchev–Trinajstić information content (AvgIpc) is 3.11. The molecule has 0 fully saturated rings. The number of nitrogens with one attached hydrogen (secondary N) is 1. The van der Waals surface area contributed by atoms with Gasteiger partial charge in [0.15, 0.2) is 6.61 Å². The van der Waals surface area contributed by atoms with Gasteiger partial charge in [0.05, 0.1) is 11.4 Å². The molecule has 0 aromatic heterocycles. The Labute approximate surface area is 157 Å². The standard InChI is InChI=1S/C18H14ClF3N2O3/c19-12-6-7-15(26-10-18(20,21)22)14(8-12)23-17(25)16-9-13(24-27-16)11-4-2-1-3-5-11/h1-8,16H,9-10H2,(H,23,25). The minimum Gasteiger partial charge on any atom is -0.482 e.